The molecule has 1 fully saturated rings. The molecule has 2 aromatic rings. The highest BCUT2D eigenvalue weighted by Crippen LogP contribution is 2.28. The molecule has 0 unspecified atom stereocenters. The zero-order valence-corrected chi connectivity index (χ0v) is 16.5. The lowest BCUT2D eigenvalue weighted by Gasteiger charge is -2.21. The molecule has 0 aliphatic heterocycles. The molecule has 140 valence electrons. The van der Waals surface area contributed by atoms with Gasteiger partial charge in [0.15, 0.2) is 5.96 Å². The van der Waals surface area contributed by atoms with Gasteiger partial charge in [0.05, 0.1) is 12.3 Å². The molecule has 0 saturated heterocycles. The van der Waals surface area contributed by atoms with Gasteiger partial charge in [-0.1, -0.05) is 30.3 Å². The van der Waals surface area contributed by atoms with Gasteiger partial charge in [-0.2, -0.15) is 0 Å². The summed E-state index contributed by atoms with van der Waals surface area (Å²) in [6.07, 6.45) is 3.55. The maximum atomic E-state index is 5.71. The molecule has 1 aliphatic rings. The lowest BCUT2D eigenvalue weighted by molar-refractivity contribution is 0.115. The van der Waals surface area contributed by atoms with Gasteiger partial charge in [-0.3, -0.25) is 4.99 Å². The normalized spacial score (nSPS) is 14.5. The largest absolute Gasteiger partial charge is 0.379 e. The standard InChI is InChI=1S/C20H28N4OS/c1-21-20(24(2)12-13-25-14-16-8-9-16)22-11-10-18-15-26-19(23-18)17-6-4-3-5-7-17/h3-7,15-16H,8-14H2,1-2H3,(H,21,22). The van der Waals surface area contributed by atoms with E-state index >= 15 is 0 Å². The van der Waals surface area contributed by atoms with E-state index in [9.17, 15) is 0 Å². The van der Waals surface area contributed by atoms with Crippen molar-refractivity contribution in [1.29, 1.82) is 0 Å². The Morgan fingerprint density at radius 1 is 1.35 bits per heavy atom. The number of benzene rings is 1. The van der Waals surface area contributed by atoms with Gasteiger partial charge in [0.2, 0.25) is 0 Å². The quantitative estimate of drug-likeness (QED) is 0.417. The van der Waals surface area contributed by atoms with Crippen LogP contribution in [0.2, 0.25) is 0 Å². The monoisotopic (exact) mass is 372 g/mol. The van der Waals surface area contributed by atoms with Crippen molar-refractivity contribution in [3.8, 4) is 10.6 Å². The fourth-order valence-electron chi connectivity index (χ4n) is 2.66. The SMILES string of the molecule is CN=C(NCCc1csc(-c2ccccc2)n1)N(C)CCOCC1CC1. The van der Waals surface area contributed by atoms with E-state index in [1.807, 2.05) is 32.3 Å². The van der Waals surface area contributed by atoms with Crippen LogP contribution in [0.5, 0.6) is 0 Å². The van der Waals surface area contributed by atoms with E-state index in [2.05, 4.69) is 32.7 Å². The topological polar surface area (TPSA) is 49.8 Å². The summed E-state index contributed by atoms with van der Waals surface area (Å²) in [6, 6.07) is 10.3. The Balaban J connectivity index is 1.39. The van der Waals surface area contributed by atoms with Crippen molar-refractivity contribution in [2.45, 2.75) is 19.3 Å². The minimum Gasteiger partial charge on any atom is -0.379 e. The van der Waals surface area contributed by atoms with Crippen molar-refractivity contribution >= 4 is 17.3 Å². The van der Waals surface area contributed by atoms with Crippen molar-refractivity contribution in [1.82, 2.24) is 15.2 Å². The Hall–Kier alpha value is -1.92. The number of rotatable bonds is 9. The molecular formula is C20H28N4OS. The van der Waals surface area contributed by atoms with Gasteiger partial charge in [-0.15, -0.1) is 11.3 Å². The van der Waals surface area contributed by atoms with Crippen LogP contribution in [0.3, 0.4) is 0 Å². The zero-order valence-electron chi connectivity index (χ0n) is 15.6. The summed E-state index contributed by atoms with van der Waals surface area (Å²) in [4.78, 5) is 11.2. The Morgan fingerprint density at radius 3 is 2.88 bits per heavy atom. The number of likely N-dealkylation sites (N-methyl/N-ethyl adjacent to an activating group) is 1. The van der Waals surface area contributed by atoms with Crippen LogP contribution >= 0.6 is 11.3 Å². The molecule has 1 aliphatic carbocycles. The lowest BCUT2D eigenvalue weighted by atomic mass is 10.2. The molecule has 26 heavy (non-hydrogen) atoms. The average molecular weight is 373 g/mol. The summed E-state index contributed by atoms with van der Waals surface area (Å²) in [5, 5.41) is 6.63. The first-order chi connectivity index (χ1) is 12.8. The molecule has 0 radical (unpaired) electrons. The van der Waals surface area contributed by atoms with Gasteiger partial charge in [-0.25, -0.2) is 4.98 Å². The van der Waals surface area contributed by atoms with Crippen LogP contribution in [0.25, 0.3) is 10.6 Å². The van der Waals surface area contributed by atoms with Crippen LogP contribution in [0, 0.1) is 5.92 Å². The second kappa shape index (κ2) is 9.69. The highest BCUT2D eigenvalue weighted by Gasteiger charge is 2.21. The molecule has 1 N–H and O–H groups in total. The molecule has 0 bridgehead atoms. The van der Waals surface area contributed by atoms with Gasteiger partial charge in [0, 0.05) is 51.2 Å². The predicted molar refractivity (Wildman–Crippen MR) is 109 cm³/mol. The van der Waals surface area contributed by atoms with Crippen molar-refractivity contribution < 1.29 is 4.74 Å². The van der Waals surface area contributed by atoms with E-state index in [0.29, 0.717) is 0 Å². The Labute approximate surface area is 160 Å². The number of ether oxygens (including phenoxy) is 1. The maximum Gasteiger partial charge on any atom is 0.193 e. The molecule has 5 nitrogen and oxygen atoms in total. The van der Waals surface area contributed by atoms with Gasteiger partial charge < -0.3 is 15.0 Å². The van der Waals surface area contributed by atoms with Gasteiger partial charge in [0.25, 0.3) is 0 Å². The van der Waals surface area contributed by atoms with E-state index in [0.717, 1.165) is 55.3 Å². The maximum absolute atomic E-state index is 5.71. The minimum atomic E-state index is 0.750. The van der Waals surface area contributed by atoms with E-state index < -0.39 is 0 Å². The van der Waals surface area contributed by atoms with Crippen molar-refractivity contribution in [2.75, 3.05) is 40.4 Å². The lowest BCUT2D eigenvalue weighted by Crippen LogP contribution is -2.41. The number of guanidine groups is 1. The molecule has 1 saturated carbocycles. The second-order valence-electron chi connectivity index (χ2n) is 6.67. The summed E-state index contributed by atoms with van der Waals surface area (Å²) >= 11 is 1.70. The van der Waals surface area contributed by atoms with Crippen LogP contribution in [0.4, 0.5) is 0 Å². The molecule has 6 heteroatoms. The van der Waals surface area contributed by atoms with Crippen LogP contribution in [0.1, 0.15) is 18.5 Å². The zero-order chi connectivity index (χ0) is 18.2. The van der Waals surface area contributed by atoms with E-state index in [4.69, 9.17) is 9.72 Å². The third-order valence-corrected chi connectivity index (χ3v) is 5.37. The summed E-state index contributed by atoms with van der Waals surface area (Å²) in [5.41, 5.74) is 2.30. The smallest absolute Gasteiger partial charge is 0.193 e. The Bertz CT molecular complexity index is 697. The number of aliphatic imine (C=N–C) groups is 1. The minimum absolute atomic E-state index is 0.750. The summed E-state index contributed by atoms with van der Waals surface area (Å²) < 4.78 is 5.71. The van der Waals surface area contributed by atoms with Crippen LogP contribution < -0.4 is 5.32 Å². The third-order valence-electron chi connectivity index (χ3n) is 4.43. The Kier molecular flexibility index (Phi) is 7.03. The predicted octanol–water partition coefficient (Wildman–Crippen LogP) is 3.29. The fourth-order valence-corrected chi connectivity index (χ4v) is 3.52. The summed E-state index contributed by atoms with van der Waals surface area (Å²) in [7, 11) is 3.87. The molecule has 0 spiro atoms. The fraction of sp³-hybridized carbons (Fsp3) is 0.500. The first-order valence-electron chi connectivity index (χ1n) is 9.25. The van der Waals surface area contributed by atoms with E-state index in [1.54, 1.807) is 11.3 Å². The summed E-state index contributed by atoms with van der Waals surface area (Å²) in [5.74, 6) is 1.72. The first-order valence-corrected chi connectivity index (χ1v) is 10.1. The highest BCUT2D eigenvalue weighted by atomic mass is 32.1. The van der Waals surface area contributed by atoms with Gasteiger partial charge >= 0.3 is 0 Å². The second-order valence-corrected chi connectivity index (χ2v) is 7.53. The summed E-state index contributed by atoms with van der Waals surface area (Å²) in [6.45, 7) is 3.33. The molecule has 0 atom stereocenters. The molecule has 3 rings (SSSR count). The number of nitrogens with one attached hydrogen (secondary N) is 1. The number of nitrogens with zero attached hydrogens (tertiary/aromatic N) is 3. The number of thiazole rings is 1. The number of hydrogen-bond donors (Lipinski definition) is 1. The molecule has 0 amide bonds. The number of hydrogen-bond acceptors (Lipinski definition) is 4. The number of aromatic nitrogens is 1. The van der Waals surface area contributed by atoms with E-state index in [1.165, 1.54) is 18.4 Å². The molecule has 1 heterocycles. The van der Waals surface area contributed by atoms with Crippen LogP contribution in [-0.4, -0.2) is 56.2 Å². The van der Waals surface area contributed by atoms with Crippen LogP contribution in [-0.2, 0) is 11.2 Å². The molecular weight excluding hydrogens is 344 g/mol. The van der Waals surface area contributed by atoms with Gasteiger partial charge in [-0.05, 0) is 18.8 Å². The van der Waals surface area contributed by atoms with Crippen LogP contribution in [0.15, 0.2) is 40.7 Å². The van der Waals surface area contributed by atoms with E-state index in [-0.39, 0.29) is 0 Å². The molecule has 1 aromatic carbocycles. The van der Waals surface area contributed by atoms with Crippen molar-refractivity contribution in [3.63, 3.8) is 0 Å². The highest BCUT2D eigenvalue weighted by molar-refractivity contribution is 7.13. The van der Waals surface area contributed by atoms with Crippen molar-refractivity contribution in [3.05, 3.63) is 41.4 Å². The first kappa shape index (κ1) is 18.9. The van der Waals surface area contributed by atoms with Gasteiger partial charge in [0.1, 0.15) is 5.01 Å². The average Bonchev–Trinajstić information content (AvgIpc) is 3.38. The molecule has 1 aromatic heterocycles. The van der Waals surface area contributed by atoms with Crippen molar-refractivity contribution in [2.24, 2.45) is 10.9 Å². The third kappa shape index (κ3) is 5.81. The Morgan fingerprint density at radius 2 is 2.15 bits per heavy atom.